The van der Waals surface area contributed by atoms with E-state index in [1.807, 2.05) is 0 Å². The fourth-order valence-electron chi connectivity index (χ4n) is 6.19. The lowest BCUT2D eigenvalue weighted by Gasteiger charge is -2.49. The van der Waals surface area contributed by atoms with Gasteiger partial charge < -0.3 is 14.4 Å². The number of rotatable bonds is 3. The summed E-state index contributed by atoms with van der Waals surface area (Å²) < 4.78 is 68.4. The van der Waals surface area contributed by atoms with E-state index in [-0.39, 0.29) is 47.6 Å². The molecule has 1 saturated heterocycles. The van der Waals surface area contributed by atoms with Crippen LogP contribution in [0.25, 0.3) is 0 Å². The lowest BCUT2D eigenvalue weighted by atomic mass is 9.72. The molecule has 39 heavy (non-hydrogen) atoms. The van der Waals surface area contributed by atoms with Crippen LogP contribution in [0.1, 0.15) is 45.6 Å². The van der Waals surface area contributed by atoms with Crippen LogP contribution in [0.2, 0.25) is 5.02 Å². The highest BCUT2D eigenvalue weighted by Crippen LogP contribution is 2.56. The number of hydrogen-bond donors (Lipinski definition) is 0. The van der Waals surface area contributed by atoms with Gasteiger partial charge in [0.25, 0.3) is 0 Å². The number of fused-ring (bicyclic) bond motifs is 3. The van der Waals surface area contributed by atoms with Gasteiger partial charge in [0.1, 0.15) is 16.7 Å². The second-order valence-corrected chi connectivity index (χ2v) is 14.2. The number of carbonyl (C=O) groups excluding carboxylic acids is 1. The summed E-state index contributed by atoms with van der Waals surface area (Å²) >= 11 is 5.99. The van der Waals surface area contributed by atoms with Crippen LogP contribution in [0.5, 0.6) is 5.75 Å². The molecule has 1 aliphatic carbocycles. The van der Waals surface area contributed by atoms with E-state index in [1.54, 1.807) is 4.90 Å². The van der Waals surface area contributed by atoms with Gasteiger partial charge in [-0.25, -0.2) is 22.0 Å². The molecule has 3 atom stereocenters. The number of halogens is 3. The van der Waals surface area contributed by atoms with Gasteiger partial charge in [-0.15, -0.1) is 0 Å². The first kappa shape index (κ1) is 28.1. The van der Waals surface area contributed by atoms with Crippen LogP contribution in [0.3, 0.4) is 0 Å². The predicted molar refractivity (Wildman–Crippen MR) is 143 cm³/mol. The summed E-state index contributed by atoms with van der Waals surface area (Å²) in [6, 6.07) is 7.52. The normalized spacial score (nSPS) is 25.8. The van der Waals surface area contributed by atoms with Crippen LogP contribution >= 0.6 is 11.6 Å². The van der Waals surface area contributed by atoms with Crippen molar-refractivity contribution in [3.63, 3.8) is 0 Å². The van der Waals surface area contributed by atoms with E-state index in [0.29, 0.717) is 18.1 Å². The third-order valence-electron chi connectivity index (χ3n) is 8.31. The van der Waals surface area contributed by atoms with Crippen LogP contribution in [0, 0.1) is 17.6 Å². The molecule has 0 spiro atoms. The topological polar surface area (TPSA) is 76.2 Å². The fraction of sp³-hybridized carbons (Fsp3) is 0.536. The van der Waals surface area contributed by atoms with Gasteiger partial charge >= 0.3 is 6.09 Å². The Morgan fingerprint density at radius 3 is 2.33 bits per heavy atom. The molecule has 2 heterocycles. The van der Waals surface area contributed by atoms with Gasteiger partial charge in [-0.2, -0.15) is 0 Å². The molecule has 5 rings (SSSR count). The van der Waals surface area contributed by atoms with Crippen molar-refractivity contribution in [2.24, 2.45) is 5.92 Å². The van der Waals surface area contributed by atoms with E-state index in [9.17, 15) is 17.6 Å². The van der Waals surface area contributed by atoms with E-state index >= 15 is 4.39 Å². The molecule has 11 heteroatoms. The van der Waals surface area contributed by atoms with E-state index in [4.69, 9.17) is 21.1 Å². The highest BCUT2D eigenvalue weighted by Gasteiger charge is 2.60. The molecule has 1 saturated carbocycles. The van der Waals surface area contributed by atoms with Crippen LogP contribution in [0.15, 0.2) is 41.3 Å². The molecule has 2 fully saturated rings. The molecule has 2 aromatic carbocycles. The van der Waals surface area contributed by atoms with Gasteiger partial charge in [-0.05, 0) is 76.4 Å². The molecule has 1 amide bonds. The number of benzene rings is 2. The lowest BCUT2D eigenvalue weighted by Crippen LogP contribution is -2.56. The third kappa shape index (κ3) is 4.89. The average Bonchev–Trinajstić information content (AvgIpc) is 2.90. The van der Waals surface area contributed by atoms with Gasteiger partial charge in [-0.3, -0.25) is 4.90 Å². The smallest absolute Gasteiger partial charge is 0.410 e. The maximum absolute atomic E-state index is 15.4. The van der Waals surface area contributed by atoms with Crippen LogP contribution in [0.4, 0.5) is 13.6 Å². The van der Waals surface area contributed by atoms with Gasteiger partial charge in [0.15, 0.2) is 21.4 Å². The standard InChI is InChI=1S/C28H33ClF2N2O5S/c1-27(2,3)33-14-12-32(13-15-33)26(34)38-20-10-11-28(39(35,36)21-6-4-19(29)5-7-21)18(16-20)17-37-25-23(31)9-8-22(30)24(25)28/h4-9,18,20H,10-17H2,1-3H3/t18?,20-,28+/m1/s1. The average molecular weight is 583 g/mol. The van der Waals surface area contributed by atoms with E-state index < -0.39 is 44.3 Å². The Kier molecular flexibility index (Phi) is 7.35. The van der Waals surface area contributed by atoms with Crippen molar-refractivity contribution in [1.29, 1.82) is 0 Å². The molecule has 1 unspecified atom stereocenters. The largest absolute Gasteiger partial charge is 0.490 e. The summed E-state index contributed by atoms with van der Waals surface area (Å²) in [6.45, 7) is 8.75. The number of carbonyl (C=O) groups is 1. The molecule has 7 nitrogen and oxygen atoms in total. The van der Waals surface area contributed by atoms with Crippen LogP contribution in [-0.4, -0.2) is 68.7 Å². The van der Waals surface area contributed by atoms with E-state index in [1.165, 1.54) is 24.3 Å². The van der Waals surface area contributed by atoms with Gasteiger partial charge in [0.2, 0.25) is 0 Å². The zero-order valence-corrected chi connectivity index (χ0v) is 23.8. The fourth-order valence-corrected chi connectivity index (χ4v) is 8.68. The summed E-state index contributed by atoms with van der Waals surface area (Å²) in [5.41, 5.74) is -0.290. The predicted octanol–water partition coefficient (Wildman–Crippen LogP) is 5.40. The van der Waals surface area contributed by atoms with Crippen LogP contribution in [-0.2, 0) is 19.3 Å². The molecule has 0 N–H and O–H groups in total. The summed E-state index contributed by atoms with van der Waals surface area (Å²) in [4.78, 5) is 16.9. The highest BCUT2D eigenvalue weighted by atomic mass is 35.5. The first-order valence-electron chi connectivity index (χ1n) is 13.2. The Bertz CT molecular complexity index is 1360. The SMILES string of the molecule is CC(C)(C)N1CCN(C(=O)O[C@@H]2CC[C@@]3(S(=O)(=O)c4ccc(Cl)cc4)c4c(F)ccc(F)c4OCC3C2)CC1. The number of nitrogens with zero attached hydrogens (tertiary/aromatic N) is 2. The molecule has 3 aliphatic rings. The van der Waals surface area contributed by atoms with Crippen molar-refractivity contribution in [2.45, 2.75) is 61.3 Å². The first-order valence-corrected chi connectivity index (χ1v) is 15.0. The number of ether oxygens (including phenoxy) is 2. The zero-order chi connectivity index (χ0) is 28.2. The van der Waals surface area contributed by atoms with Gasteiger partial charge in [0, 0.05) is 42.7 Å². The summed E-state index contributed by atoms with van der Waals surface area (Å²) in [5.74, 6) is -2.82. The quantitative estimate of drug-likeness (QED) is 0.482. The molecular formula is C28H33ClF2N2O5S. The molecule has 2 aliphatic heterocycles. The number of hydrogen-bond acceptors (Lipinski definition) is 6. The third-order valence-corrected chi connectivity index (χ3v) is 11.2. The van der Waals surface area contributed by atoms with Gasteiger partial charge in [0.05, 0.1) is 17.1 Å². The Morgan fingerprint density at radius 1 is 1.05 bits per heavy atom. The van der Waals surface area contributed by atoms with Crippen molar-refractivity contribution < 1.29 is 31.5 Å². The zero-order valence-electron chi connectivity index (χ0n) is 22.3. The Hall–Kier alpha value is -2.43. The Morgan fingerprint density at radius 2 is 1.69 bits per heavy atom. The van der Waals surface area contributed by atoms with Crippen molar-refractivity contribution in [3.8, 4) is 5.75 Å². The van der Waals surface area contributed by atoms with E-state index in [2.05, 4.69) is 25.7 Å². The molecule has 0 radical (unpaired) electrons. The second-order valence-electron chi connectivity index (χ2n) is 11.5. The molecule has 0 aromatic heterocycles. The van der Waals surface area contributed by atoms with Crippen molar-refractivity contribution in [3.05, 3.63) is 58.6 Å². The number of sulfone groups is 1. The Labute approximate surface area is 232 Å². The first-order chi connectivity index (χ1) is 18.3. The molecule has 212 valence electrons. The molecule has 0 bridgehead atoms. The summed E-state index contributed by atoms with van der Waals surface area (Å²) in [6.07, 6.45) is -0.785. The molecular weight excluding hydrogens is 550 g/mol. The maximum Gasteiger partial charge on any atom is 0.410 e. The van der Waals surface area contributed by atoms with Crippen molar-refractivity contribution in [1.82, 2.24) is 9.80 Å². The lowest BCUT2D eigenvalue weighted by molar-refractivity contribution is -0.00543. The van der Waals surface area contributed by atoms with Gasteiger partial charge in [-0.1, -0.05) is 11.6 Å². The van der Waals surface area contributed by atoms with E-state index in [0.717, 1.165) is 25.2 Å². The number of piperazine rings is 1. The van der Waals surface area contributed by atoms with Crippen molar-refractivity contribution >= 4 is 27.5 Å². The maximum atomic E-state index is 15.4. The summed E-state index contributed by atoms with van der Waals surface area (Å²) in [5, 5.41) is 0.353. The minimum absolute atomic E-state index is 0.00426. The monoisotopic (exact) mass is 582 g/mol. The number of amides is 1. The minimum atomic E-state index is -4.25. The van der Waals surface area contributed by atoms with Crippen molar-refractivity contribution in [2.75, 3.05) is 32.8 Å². The van der Waals surface area contributed by atoms with Crippen LogP contribution < -0.4 is 4.74 Å². The second kappa shape index (κ2) is 10.2. The summed E-state index contributed by atoms with van der Waals surface area (Å²) in [7, 11) is -4.25. The minimum Gasteiger partial charge on any atom is -0.490 e. The Balaban J connectivity index is 1.43. The molecule has 2 aromatic rings. The highest BCUT2D eigenvalue weighted by molar-refractivity contribution is 7.92.